The van der Waals surface area contributed by atoms with Gasteiger partial charge in [-0.1, -0.05) is 0 Å². The van der Waals surface area contributed by atoms with Gasteiger partial charge in [-0.15, -0.1) is 0 Å². The second-order valence-electron chi connectivity index (χ2n) is 5.54. The summed E-state index contributed by atoms with van der Waals surface area (Å²) in [5, 5.41) is 0. The first-order valence-corrected chi connectivity index (χ1v) is 8.35. The van der Waals surface area contributed by atoms with Crippen LogP contribution in [0.4, 0.5) is 0 Å². The van der Waals surface area contributed by atoms with Crippen LogP contribution in [0.25, 0.3) is 0 Å². The van der Waals surface area contributed by atoms with Gasteiger partial charge < -0.3 is 24.8 Å². The van der Waals surface area contributed by atoms with Crippen LogP contribution in [0.1, 0.15) is 73.1 Å². The van der Waals surface area contributed by atoms with Gasteiger partial charge in [-0.25, -0.2) is 0 Å². The van der Waals surface area contributed by atoms with E-state index in [0.717, 1.165) is 0 Å². The van der Waals surface area contributed by atoms with Crippen molar-refractivity contribution in [2.24, 2.45) is 0 Å². The van der Waals surface area contributed by atoms with Gasteiger partial charge in [0.15, 0.2) is 0 Å². The number of allylic oxidation sites excluding steroid dienone is 4. The van der Waals surface area contributed by atoms with Crippen molar-refractivity contribution < 1.29 is 49.5 Å². The molecular formula is C16H27Cl2Zr. The standard InChI is InChI=1S/C16H27.2ClH.Zr/c1-6-8-10-15-12(3)13(4)16(14(15)5)11-9-7-2;;;/h6-11H2,1-5H3;2*1H;/q;;;+2/p-2. The first-order chi connectivity index (χ1) is 7.96. The quantitative estimate of drug-likeness (QED) is 0.595. The number of hydrogen-bond donors (Lipinski definition) is 0. The minimum Gasteiger partial charge on any atom is -1.00 e. The van der Waals surface area contributed by atoms with Gasteiger partial charge in [-0.05, 0) is 0 Å². The molecule has 19 heavy (non-hydrogen) atoms. The molecule has 0 aliphatic heterocycles. The zero-order valence-corrected chi connectivity index (χ0v) is 17.0. The van der Waals surface area contributed by atoms with Crippen LogP contribution in [0.5, 0.6) is 0 Å². The maximum absolute atomic E-state index is 2.45. The van der Waals surface area contributed by atoms with Crippen LogP contribution in [0.15, 0.2) is 22.3 Å². The van der Waals surface area contributed by atoms with Gasteiger partial charge in [-0.3, -0.25) is 0 Å². The van der Waals surface area contributed by atoms with Crippen molar-refractivity contribution in [3.8, 4) is 0 Å². The smallest absolute Gasteiger partial charge is 1.00 e. The maximum atomic E-state index is 2.45. The average molecular weight is 382 g/mol. The molecule has 0 aromatic heterocycles. The van der Waals surface area contributed by atoms with Gasteiger partial charge in [0, 0.05) is 0 Å². The summed E-state index contributed by atoms with van der Waals surface area (Å²) in [6.45, 7) is 11.8. The van der Waals surface area contributed by atoms with Crippen LogP contribution < -0.4 is 24.8 Å². The predicted molar refractivity (Wildman–Crippen MR) is 72.8 cm³/mol. The molecule has 1 unspecified atom stereocenters. The zero-order valence-electron chi connectivity index (χ0n) is 13.0. The van der Waals surface area contributed by atoms with E-state index >= 15 is 0 Å². The van der Waals surface area contributed by atoms with E-state index in [1.54, 1.807) is 47.0 Å². The molecule has 0 nitrogen and oxygen atoms in total. The Hall–Kier alpha value is 0.943. The first-order valence-electron chi connectivity index (χ1n) is 7.12. The Morgan fingerprint density at radius 1 is 0.947 bits per heavy atom. The van der Waals surface area contributed by atoms with Gasteiger partial charge in [0.2, 0.25) is 0 Å². The molecule has 0 aromatic rings. The fraction of sp³-hybridized carbons (Fsp3) is 0.750. The van der Waals surface area contributed by atoms with Crippen molar-refractivity contribution in [2.75, 3.05) is 0 Å². The van der Waals surface area contributed by atoms with Crippen molar-refractivity contribution >= 4 is 0 Å². The van der Waals surface area contributed by atoms with Crippen LogP contribution >= 0.6 is 0 Å². The monoisotopic (exact) mass is 379 g/mol. The van der Waals surface area contributed by atoms with Crippen molar-refractivity contribution in [1.29, 1.82) is 0 Å². The van der Waals surface area contributed by atoms with Crippen LogP contribution in [-0.4, -0.2) is 0 Å². The molecule has 0 N–H and O–H groups in total. The van der Waals surface area contributed by atoms with Gasteiger partial charge in [0.05, 0.1) is 0 Å². The first kappa shape index (κ1) is 22.2. The van der Waals surface area contributed by atoms with Crippen LogP contribution in [0.2, 0.25) is 3.12 Å². The Labute approximate surface area is 147 Å². The van der Waals surface area contributed by atoms with Gasteiger partial charge >= 0.3 is 123 Å². The Morgan fingerprint density at radius 3 is 1.89 bits per heavy atom. The second kappa shape index (κ2) is 9.80. The molecule has 1 aliphatic rings. The fourth-order valence-corrected chi connectivity index (χ4v) is 4.03. The summed E-state index contributed by atoms with van der Waals surface area (Å²) in [6.07, 6.45) is 7.93. The van der Waals surface area contributed by atoms with E-state index in [2.05, 4.69) is 34.6 Å². The molecule has 0 bridgehead atoms. The minimum atomic E-state index is 0. The molecule has 0 amide bonds. The number of unbranched alkanes of at least 4 members (excludes halogenated alkanes) is 2. The summed E-state index contributed by atoms with van der Waals surface area (Å²) in [7, 11) is 0. The molecule has 0 spiro atoms. The molecule has 0 saturated carbocycles. The third-order valence-corrected chi connectivity index (χ3v) is 5.94. The molecular weight excluding hydrogens is 354 g/mol. The zero-order chi connectivity index (χ0) is 13.1. The Balaban J connectivity index is 0. The molecule has 0 radical (unpaired) electrons. The topological polar surface area (TPSA) is 0 Å². The molecule has 109 valence electrons. The van der Waals surface area contributed by atoms with Crippen molar-refractivity contribution in [3.63, 3.8) is 0 Å². The summed E-state index contributed by atoms with van der Waals surface area (Å²) in [4.78, 5) is 0. The van der Waals surface area contributed by atoms with Crippen molar-refractivity contribution in [2.45, 2.75) is 76.3 Å². The van der Waals surface area contributed by atoms with E-state index in [9.17, 15) is 0 Å². The molecule has 1 rings (SSSR count). The molecule has 0 fully saturated rings. The Kier molecular flexibility index (Phi) is 11.5. The van der Waals surface area contributed by atoms with E-state index in [-0.39, 0.29) is 24.8 Å². The average Bonchev–Trinajstić information content (AvgIpc) is 2.43. The molecule has 0 heterocycles. The predicted octanol–water partition coefficient (Wildman–Crippen LogP) is -0.253. The Bertz CT molecular complexity index is 341. The van der Waals surface area contributed by atoms with E-state index in [0.29, 0.717) is 3.12 Å². The van der Waals surface area contributed by atoms with Gasteiger partial charge in [0.1, 0.15) is 0 Å². The number of halogens is 2. The molecule has 1 atom stereocenters. The summed E-state index contributed by atoms with van der Waals surface area (Å²) in [5.74, 6) is 0. The SMILES string of the molecule is CCCCC1=C(C)[C](C)([Zr+2])C(CCCC)=C1C.[Cl-].[Cl-]. The van der Waals surface area contributed by atoms with Gasteiger partial charge in [-0.2, -0.15) is 0 Å². The third kappa shape index (κ3) is 5.01. The third-order valence-electron chi connectivity index (χ3n) is 4.27. The fourth-order valence-electron chi connectivity index (χ4n) is 2.89. The molecule has 3 heteroatoms. The minimum absolute atomic E-state index is 0. The summed E-state index contributed by atoms with van der Waals surface area (Å²) in [6, 6.07) is 0. The second-order valence-corrected chi connectivity index (χ2v) is 8.00. The van der Waals surface area contributed by atoms with E-state index in [4.69, 9.17) is 0 Å². The van der Waals surface area contributed by atoms with Gasteiger partial charge in [0.25, 0.3) is 0 Å². The normalized spacial score (nSPS) is 22.5. The largest absolute Gasteiger partial charge is 1.00 e. The summed E-state index contributed by atoms with van der Waals surface area (Å²) in [5.41, 5.74) is 6.76. The summed E-state index contributed by atoms with van der Waals surface area (Å²) >= 11 is 1.67. The van der Waals surface area contributed by atoms with Crippen molar-refractivity contribution in [1.82, 2.24) is 0 Å². The maximum Gasteiger partial charge on any atom is -1.00 e. The van der Waals surface area contributed by atoms with E-state index < -0.39 is 0 Å². The van der Waals surface area contributed by atoms with Crippen LogP contribution in [0.3, 0.4) is 0 Å². The Morgan fingerprint density at radius 2 is 1.42 bits per heavy atom. The molecule has 0 saturated heterocycles. The number of hydrogen-bond acceptors (Lipinski definition) is 0. The van der Waals surface area contributed by atoms with Crippen LogP contribution in [0, 0.1) is 0 Å². The molecule has 1 aliphatic carbocycles. The number of rotatable bonds is 6. The van der Waals surface area contributed by atoms with Crippen molar-refractivity contribution in [3.05, 3.63) is 22.3 Å². The van der Waals surface area contributed by atoms with Crippen LogP contribution in [-0.2, 0) is 24.7 Å². The summed E-state index contributed by atoms with van der Waals surface area (Å²) < 4.78 is 0.412. The van der Waals surface area contributed by atoms with E-state index in [1.165, 1.54) is 38.5 Å². The van der Waals surface area contributed by atoms with E-state index in [1.807, 2.05) is 0 Å². The molecule has 0 aromatic carbocycles.